The number of aliphatic hydroxyl groups is 1. The van der Waals surface area contributed by atoms with Gasteiger partial charge in [0.05, 0.1) is 11.7 Å². The second kappa shape index (κ2) is 9.85. The Labute approximate surface area is 221 Å². The van der Waals surface area contributed by atoms with Gasteiger partial charge in [0.2, 0.25) is 0 Å². The van der Waals surface area contributed by atoms with E-state index in [1.165, 1.54) is 32.1 Å². The summed E-state index contributed by atoms with van der Waals surface area (Å²) in [6.07, 6.45) is 9.68. The van der Waals surface area contributed by atoms with Gasteiger partial charge in [0.25, 0.3) is 0 Å². The molecule has 4 heteroatoms. The third-order valence-corrected chi connectivity index (χ3v) is 11.2. The normalized spacial score (nSPS) is 39.6. The molecule has 0 amide bonds. The predicted molar refractivity (Wildman–Crippen MR) is 144 cm³/mol. The molecular formula is C33H42O4. The van der Waals surface area contributed by atoms with E-state index in [9.17, 15) is 9.90 Å². The molecule has 6 rings (SSSR count). The zero-order valence-corrected chi connectivity index (χ0v) is 22.4. The third kappa shape index (κ3) is 4.44. The second-order valence-electron chi connectivity index (χ2n) is 12.8. The average Bonchev–Trinajstić information content (AvgIpc) is 3.25. The number of carbonyl (C=O) groups is 1. The van der Waals surface area contributed by atoms with Crippen molar-refractivity contribution in [2.24, 2.45) is 34.5 Å². The van der Waals surface area contributed by atoms with Gasteiger partial charge in [-0.25, -0.2) is 4.79 Å². The van der Waals surface area contributed by atoms with Gasteiger partial charge in [-0.3, -0.25) is 0 Å². The summed E-state index contributed by atoms with van der Waals surface area (Å²) in [5, 5.41) is 10.7. The van der Waals surface area contributed by atoms with Gasteiger partial charge in [-0.1, -0.05) is 62.4 Å². The van der Waals surface area contributed by atoms with Crippen LogP contribution >= 0.6 is 0 Å². The zero-order valence-electron chi connectivity index (χ0n) is 22.4. The van der Waals surface area contributed by atoms with E-state index < -0.39 is 6.29 Å². The van der Waals surface area contributed by atoms with Crippen molar-refractivity contribution in [3.8, 4) is 0 Å². The van der Waals surface area contributed by atoms with E-state index in [2.05, 4.69) is 13.8 Å². The van der Waals surface area contributed by atoms with Gasteiger partial charge < -0.3 is 14.6 Å². The van der Waals surface area contributed by atoms with Crippen LogP contribution in [0.1, 0.15) is 93.8 Å². The van der Waals surface area contributed by atoms with Crippen LogP contribution in [0, 0.1) is 34.5 Å². The number of carbonyl (C=O) groups excluding carboxylic acids is 1. The second-order valence-corrected chi connectivity index (χ2v) is 12.8. The molecule has 0 bridgehead atoms. The van der Waals surface area contributed by atoms with Crippen molar-refractivity contribution in [2.45, 2.75) is 90.1 Å². The van der Waals surface area contributed by atoms with Crippen molar-refractivity contribution in [3.63, 3.8) is 0 Å². The quantitative estimate of drug-likeness (QED) is 0.343. The highest BCUT2D eigenvalue weighted by atomic mass is 16.6. The molecule has 0 radical (unpaired) electrons. The topological polar surface area (TPSA) is 55.8 Å². The Balaban J connectivity index is 1.12. The van der Waals surface area contributed by atoms with Crippen LogP contribution in [0.4, 0.5) is 0 Å². The van der Waals surface area contributed by atoms with Crippen LogP contribution < -0.4 is 0 Å². The number of rotatable bonds is 5. The average molecular weight is 503 g/mol. The van der Waals surface area contributed by atoms with Crippen LogP contribution in [0.3, 0.4) is 0 Å². The van der Waals surface area contributed by atoms with Gasteiger partial charge in [0.1, 0.15) is 6.10 Å². The summed E-state index contributed by atoms with van der Waals surface area (Å²) in [6, 6.07) is 19.2. The van der Waals surface area contributed by atoms with Crippen LogP contribution in [-0.4, -0.2) is 23.3 Å². The van der Waals surface area contributed by atoms with E-state index in [0.717, 1.165) is 43.1 Å². The number of ether oxygens (including phenoxy) is 2. The van der Waals surface area contributed by atoms with Crippen LogP contribution in [-0.2, 0) is 9.47 Å². The molecule has 198 valence electrons. The van der Waals surface area contributed by atoms with Crippen molar-refractivity contribution in [2.75, 3.05) is 0 Å². The number of hydrogen-bond acceptors (Lipinski definition) is 4. The number of hydrogen-bond donors (Lipinski definition) is 1. The smallest absolute Gasteiger partial charge is 0.338 e. The molecule has 1 N–H and O–H groups in total. The molecule has 37 heavy (non-hydrogen) atoms. The Morgan fingerprint density at radius 1 is 0.838 bits per heavy atom. The number of fused-ring (bicyclic) bond motifs is 5. The molecule has 0 aromatic heterocycles. The fraction of sp³-hybridized carbons (Fsp3) is 0.606. The van der Waals surface area contributed by atoms with Gasteiger partial charge in [-0.2, -0.15) is 0 Å². The lowest BCUT2D eigenvalue weighted by atomic mass is 9.45. The summed E-state index contributed by atoms with van der Waals surface area (Å²) in [5.41, 5.74) is 1.94. The van der Waals surface area contributed by atoms with Crippen molar-refractivity contribution in [1.29, 1.82) is 0 Å². The maximum Gasteiger partial charge on any atom is 0.338 e. The maximum absolute atomic E-state index is 12.9. The highest BCUT2D eigenvalue weighted by molar-refractivity contribution is 5.89. The van der Waals surface area contributed by atoms with Crippen molar-refractivity contribution < 1.29 is 19.4 Å². The summed E-state index contributed by atoms with van der Waals surface area (Å²) in [4.78, 5) is 12.9. The first-order valence-corrected chi connectivity index (χ1v) is 14.5. The highest BCUT2D eigenvalue weighted by Crippen LogP contribution is 2.66. The van der Waals surface area contributed by atoms with Gasteiger partial charge in [-0.05, 0) is 99.0 Å². The summed E-state index contributed by atoms with van der Waals surface area (Å²) < 4.78 is 12.4. The Kier molecular flexibility index (Phi) is 6.69. The molecule has 0 heterocycles. The first kappa shape index (κ1) is 25.1. The Bertz CT molecular complexity index is 1090. The summed E-state index contributed by atoms with van der Waals surface area (Å²) in [7, 11) is 0. The van der Waals surface area contributed by atoms with Gasteiger partial charge in [0.15, 0.2) is 6.29 Å². The Hall–Kier alpha value is -2.17. The molecule has 0 aliphatic heterocycles. The first-order valence-electron chi connectivity index (χ1n) is 14.5. The molecule has 0 saturated heterocycles. The maximum atomic E-state index is 12.9. The van der Waals surface area contributed by atoms with Crippen LogP contribution in [0.2, 0.25) is 0 Å². The Morgan fingerprint density at radius 3 is 2.27 bits per heavy atom. The zero-order chi connectivity index (χ0) is 25.6. The fourth-order valence-electron chi connectivity index (χ4n) is 9.14. The van der Waals surface area contributed by atoms with Gasteiger partial charge in [-0.15, -0.1) is 0 Å². The van der Waals surface area contributed by atoms with E-state index in [1.54, 1.807) is 0 Å². The SMILES string of the molecule is C[C@]12CCC(OC(O)c3ccccc3)CC1CCC1C2CC[C@]2(C)C(OC(=O)c3ccccc3)CCC12. The van der Waals surface area contributed by atoms with E-state index in [0.29, 0.717) is 22.8 Å². The van der Waals surface area contributed by atoms with E-state index in [4.69, 9.17) is 9.47 Å². The summed E-state index contributed by atoms with van der Waals surface area (Å²) >= 11 is 0. The molecular weight excluding hydrogens is 460 g/mol. The molecule has 2 aromatic carbocycles. The van der Waals surface area contributed by atoms with Gasteiger partial charge >= 0.3 is 5.97 Å². The first-order chi connectivity index (χ1) is 17.9. The van der Waals surface area contributed by atoms with Crippen LogP contribution in [0.15, 0.2) is 60.7 Å². The molecule has 0 spiro atoms. The minimum atomic E-state index is -0.837. The lowest BCUT2D eigenvalue weighted by Gasteiger charge is -2.61. The highest BCUT2D eigenvalue weighted by Gasteiger charge is 2.61. The van der Waals surface area contributed by atoms with Crippen molar-refractivity contribution in [3.05, 3.63) is 71.8 Å². The fourth-order valence-corrected chi connectivity index (χ4v) is 9.14. The summed E-state index contributed by atoms with van der Waals surface area (Å²) in [5.74, 6) is 2.61. The van der Waals surface area contributed by atoms with Crippen LogP contribution in [0.25, 0.3) is 0 Å². The van der Waals surface area contributed by atoms with E-state index in [1.807, 2.05) is 60.7 Å². The van der Waals surface area contributed by atoms with E-state index >= 15 is 0 Å². The molecule has 2 aromatic rings. The monoisotopic (exact) mass is 502 g/mol. The molecule has 9 atom stereocenters. The number of benzene rings is 2. The molecule has 4 fully saturated rings. The van der Waals surface area contributed by atoms with Crippen molar-refractivity contribution in [1.82, 2.24) is 0 Å². The molecule has 7 unspecified atom stereocenters. The van der Waals surface area contributed by atoms with Crippen LogP contribution in [0.5, 0.6) is 0 Å². The number of esters is 1. The van der Waals surface area contributed by atoms with Crippen molar-refractivity contribution >= 4 is 5.97 Å². The molecule has 4 saturated carbocycles. The third-order valence-electron chi connectivity index (χ3n) is 11.2. The van der Waals surface area contributed by atoms with E-state index in [-0.39, 0.29) is 23.6 Å². The minimum Gasteiger partial charge on any atom is -0.458 e. The minimum absolute atomic E-state index is 0.0281. The largest absolute Gasteiger partial charge is 0.458 e. The Morgan fingerprint density at radius 2 is 1.51 bits per heavy atom. The summed E-state index contributed by atoms with van der Waals surface area (Å²) in [6.45, 7) is 4.97. The predicted octanol–water partition coefficient (Wildman–Crippen LogP) is 7.33. The molecule has 4 aliphatic rings. The molecule has 4 nitrogen and oxygen atoms in total. The lowest BCUT2D eigenvalue weighted by Crippen LogP contribution is -2.54. The van der Waals surface area contributed by atoms with Gasteiger partial charge in [0, 0.05) is 11.0 Å². The molecule has 4 aliphatic carbocycles. The standard InChI is InChI=1S/C33H42O4/c1-32-19-17-25(36-30(34)22-9-5-3-6-10-22)21-24(32)13-14-26-27-15-16-29(33(27,2)20-18-28(26)32)37-31(35)23-11-7-4-8-12-23/h3-12,24-30,34H,13-21H2,1-2H3/t24?,25?,26?,27?,28?,29?,30?,32-,33-/m0/s1. The number of aliphatic hydroxyl groups excluding tert-OH is 1. The lowest BCUT2D eigenvalue weighted by molar-refractivity contribution is -0.184.